The molecule has 16 heavy (non-hydrogen) atoms. The Labute approximate surface area is 96.2 Å². The summed E-state index contributed by atoms with van der Waals surface area (Å²) in [6.45, 7) is 6.47. The first kappa shape index (κ1) is 12.8. The molecule has 0 unspecified atom stereocenters. The van der Waals surface area contributed by atoms with Gasteiger partial charge in [0.2, 0.25) is 0 Å². The average Bonchev–Trinajstić information content (AvgIpc) is 2.48. The molecule has 1 rings (SSSR count). The Morgan fingerprint density at radius 1 is 1.50 bits per heavy atom. The molecule has 0 N–H and O–H groups in total. The molecule has 0 saturated heterocycles. The predicted octanol–water partition coefficient (Wildman–Crippen LogP) is 1.97. The molecule has 0 amide bonds. The average molecular weight is 225 g/mol. The Balaban J connectivity index is 2.35. The number of rotatable bonds is 5. The first-order valence-electron chi connectivity index (χ1n) is 5.40. The Hall–Kier alpha value is -1.29. The first-order chi connectivity index (χ1) is 7.47. The number of esters is 1. The van der Waals surface area contributed by atoms with Crippen LogP contribution in [0.4, 0.5) is 0 Å². The summed E-state index contributed by atoms with van der Waals surface area (Å²) < 4.78 is 10.5. The van der Waals surface area contributed by atoms with E-state index in [2.05, 4.69) is 0 Å². The summed E-state index contributed by atoms with van der Waals surface area (Å²) in [6, 6.07) is 3.83. The molecule has 4 heteroatoms. The van der Waals surface area contributed by atoms with E-state index in [1.54, 1.807) is 0 Å². The minimum atomic E-state index is -0.208. The van der Waals surface area contributed by atoms with E-state index in [0.29, 0.717) is 6.54 Å². The van der Waals surface area contributed by atoms with Crippen LogP contribution in [0.5, 0.6) is 0 Å². The van der Waals surface area contributed by atoms with Crippen molar-refractivity contribution < 1.29 is 13.9 Å². The molecule has 0 spiro atoms. The monoisotopic (exact) mass is 225 g/mol. The summed E-state index contributed by atoms with van der Waals surface area (Å²) in [5.74, 6) is 1.53. The lowest BCUT2D eigenvalue weighted by Gasteiger charge is -2.15. The summed E-state index contributed by atoms with van der Waals surface area (Å²) in [7, 11) is 1.86. The van der Waals surface area contributed by atoms with Gasteiger partial charge in [0.05, 0.1) is 19.2 Å². The maximum atomic E-state index is 11.4. The highest BCUT2D eigenvalue weighted by Gasteiger charge is 2.11. The van der Waals surface area contributed by atoms with Gasteiger partial charge in [0.15, 0.2) is 0 Å². The standard InChI is InChI=1S/C12H19NO3/c1-9(2)15-12(14)8-13(4)7-11-6-5-10(3)16-11/h5-6,9H,7-8H2,1-4H3. The highest BCUT2D eigenvalue weighted by Crippen LogP contribution is 2.08. The van der Waals surface area contributed by atoms with Crippen molar-refractivity contribution in [1.82, 2.24) is 4.90 Å². The van der Waals surface area contributed by atoms with Crippen LogP contribution < -0.4 is 0 Å². The quantitative estimate of drug-likeness (QED) is 0.718. The zero-order valence-corrected chi connectivity index (χ0v) is 10.3. The zero-order valence-electron chi connectivity index (χ0n) is 10.3. The fraction of sp³-hybridized carbons (Fsp3) is 0.583. The van der Waals surface area contributed by atoms with Crippen molar-refractivity contribution in [2.45, 2.75) is 33.4 Å². The van der Waals surface area contributed by atoms with Crippen molar-refractivity contribution in [3.05, 3.63) is 23.7 Å². The normalized spacial score (nSPS) is 11.1. The van der Waals surface area contributed by atoms with Crippen molar-refractivity contribution in [2.24, 2.45) is 0 Å². The van der Waals surface area contributed by atoms with Gasteiger partial charge >= 0.3 is 5.97 Å². The minimum absolute atomic E-state index is 0.0632. The van der Waals surface area contributed by atoms with E-state index in [1.165, 1.54) is 0 Å². The van der Waals surface area contributed by atoms with Gasteiger partial charge in [-0.15, -0.1) is 0 Å². The van der Waals surface area contributed by atoms with Gasteiger partial charge in [0.25, 0.3) is 0 Å². The van der Waals surface area contributed by atoms with E-state index in [0.717, 1.165) is 11.5 Å². The maximum Gasteiger partial charge on any atom is 0.320 e. The fourth-order valence-corrected chi connectivity index (χ4v) is 1.41. The summed E-state index contributed by atoms with van der Waals surface area (Å²) in [5.41, 5.74) is 0. The minimum Gasteiger partial charge on any atom is -0.465 e. The van der Waals surface area contributed by atoms with Crippen LogP contribution in [-0.2, 0) is 16.1 Å². The fourth-order valence-electron chi connectivity index (χ4n) is 1.41. The lowest BCUT2D eigenvalue weighted by atomic mass is 10.4. The van der Waals surface area contributed by atoms with Crippen molar-refractivity contribution in [1.29, 1.82) is 0 Å². The van der Waals surface area contributed by atoms with Crippen molar-refractivity contribution in [2.75, 3.05) is 13.6 Å². The molecule has 0 saturated carbocycles. The molecular weight excluding hydrogens is 206 g/mol. The lowest BCUT2D eigenvalue weighted by molar-refractivity contribution is -0.148. The summed E-state index contributed by atoms with van der Waals surface area (Å²) in [6.07, 6.45) is -0.0632. The number of aryl methyl sites for hydroxylation is 1. The summed E-state index contributed by atoms with van der Waals surface area (Å²) in [4.78, 5) is 13.2. The van der Waals surface area contributed by atoms with Gasteiger partial charge in [-0.05, 0) is 40.0 Å². The third kappa shape index (κ3) is 4.49. The van der Waals surface area contributed by atoms with Crippen molar-refractivity contribution in [3.63, 3.8) is 0 Å². The molecule has 0 fully saturated rings. The molecule has 0 bridgehead atoms. The SMILES string of the molecule is Cc1ccc(CN(C)CC(=O)OC(C)C)o1. The van der Waals surface area contributed by atoms with Crippen LogP contribution in [-0.4, -0.2) is 30.6 Å². The van der Waals surface area contributed by atoms with Gasteiger partial charge in [0.1, 0.15) is 11.5 Å². The lowest BCUT2D eigenvalue weighted by Crippen LogP contribution is -2.28. The molecule has 90 valence electrons. The van der Waals surface area contributed by atoms with Crippen molar-refractivity contribution in [3.8, 4) is 0 Å². The molecular formula is C12H19NO3. The first-order valence-corrected chi connectivity index (χ1v) is 5.40. The zero-order chi connectivity index (χ0) is 12.1. The third-order valence-electron chi connectivity index (χ3n) is 1.99. The number of nitrogens with zero attached hydrogens (tertiary/aromatic N) is 1. The predicted molar refractivity (Wildman–Crippen MR) is 61.0 cm³/mol. The van der Waals surface area contributed by atoms with Gasteiger partial charge in [0, 0.05) is 0 Å². The maximum absolute atomic E-state index is 11.4. The van der Waals surface area contributed by atoms with Crippen molar-refractivity contribution >= 4 is 5.97 Å². The molecule has 0 atom stereocenters. The number of carbonyl (C=O) groups excluding carboxylic acids is 1. The second-order valence-electron chi connectivity index (χ2n) is 4.22. The van der Waals surface area contributed by atoms with Gasteiger partial charge in [-0.2, -0.15) is 0 Å². The van der Waals surface area contributed by atoms with Crippen LogP contribution in [0, 0.1) is 6.92 Å². The Bertz CT molecular complexity index is 344. The number of furan rings is 1. The molecule has 0 aromatic carbocycles. The van der Waals surface area contributed by atoms with E-state index >= 15 is 0 Å². The van der Waals surface area contributed by atoms with E-state index in [-0.39, 0.29) is 18.6 Å². The molecule has 1 heterocycles. The molecule has 0 radical (unpaired) electrons. The number of carbonyl (C=O) groups is 1. The van der Waals surface area contributed by atoms with Crippen LogP contribution in [0.15, 0.2) is 16.5 Å². The topological polar surface area (TPSA) is 42.7 Å². The molecule has 1 aromatic rings. The number of likely N-dealkylation sites (N-methyl/N-ethyl adjacent to an activating group) is 1. The summed E-state index contributed by atoms with van der Waals surface area (Å²) in [5, 5.41) is 0. The van der Waals surface area contributed by atoms with Gasteiger partial charge < -0.3 is 9.15 Å². The second-order valence-corrected chi connectivity index (χ2v) is 4.22. The Kier molecular flexibility index (Phi) is 4.55. The molecule has 0 aliphatic rings. The van der Waals surface area contributed by atoms with Crippen LogP contribution >= 0.6 is 0 Å². The molecule has 4 nitrogen and oxygen atoms in total. The molecule has 1 aromatic heterocycles. The largest absolute Gasteiger partial charge is 0.465 e. The van der Waals surface area contributed by atoms with Gasteiger partial charge in [-0.1, -0.05) is 0 Å². The summed E-state index contributed by atoms with van der Waals surface area (Å²) >= 11 is 0. The highest BCUT2D eigenvalue weighted by molar-refractivity contribution is 5.71. The number of hydrogen-bond acceptors (Lipinski definition) is 4. The second kappa shape index (κ2) is 5.70. The number of ether oxygens (including phenoxy) is 1. The van der Waals surface area contributed by atoms with Crippen LogP contribution in [0.1, 0.15) is 25.4 Å². The van der Waals surface area contributed by atoms with Crippen LogP contribution in [0.3, 0.4) is 0 Å². The molecule has 0 aliphatic heterocycles. The van der Waals surface area contributed by atoms with E-state index in [9.17, 15) is 4.79 Å². The third-order valence-corrected chi connectivity index (χ3v) is 1.99. The Morgan fingerprint density at radius 3 is 2.69 bits per heavy atom. The Morgan fingerprint density at radius 2 is 2.19 bits per heavy atom. The van der Waals surface area contributed by atoms with E-state index in [1.807, 2.05) is 44.9 Å². The number of hydrogen-bond donors (Lipinski definition) is 0. The van der Waals surface area contributed by atoms with E-state index < -0.39 is 0 Å². The van der Waals surface area contributed by atoms with E-state index in [4.69, 9.17) is 9.15 Å². The smallest absolute Gasteiger partial charge is 0.320 e. The van der Waals surface area contributed by atoms with Crippen LogP contribution in [0.2, 0.25) is 0 Å². The van der Waals surface area contributed by atoms with Crippen LogP contribution in [0.25, 0.3) is 0 Å². The molecule has 0 aliphatic carbocycles. The highest BCUT2D eigenvalue weighted by atomic mass is 16.5. The van der Waals surface area contributed by atoms with Gasteiger partial charge in [-0.25, -0.2) is 0 Å². The van der Waals surface area contributed by atoms with Gasteiger partial charge in [-0.3, -0.25) is 9.69 Å².